The average molecular weight is 450 g/mol. The van der Waals surface area contributed by atoms with E-state index in [0.29, 0.717) is 0 Å². The van der Waals surface area contributed by atoms with E-state index in [1.807, 2.05) is 0 Å². The number of hydrogen-bond acceptors (Lipinski definition) is 6. The Morgan fingerprint density at radius 3 is 2.31 bits per heavy atom. The molecule has 0 saturated carbocycles. The smallest absolute Gasteiger partial charge is 0.508 e. The number of aromatic hydroxyl groups is 1. The zero-order chi connectivity index (χ0) is 21.6. The molecule has 0 aliphatic carbocycles. The van der Waals surface area contributed by atoms with Crippen molar-refractivity contribution in [1.82, 2.24) is 4.57 Å². The van der Waals surface area contributed by atoms with Crippen LogP contribution >= 0.6 is 11.6 Å². The van der Waals surface area contributed by atoms with Crippen LogP contribution in [0, 0.1) is 0 Å². The van der Waals surface area contributed by atoms with Crippen LogP contribution in [-0.2, 0) is 10.1 Å². The van der Waals surface area contributed by atoms with Crippen molar-refractivity contribution in [2.24, 2.45) is 0 Å². The van der Waals surface area contributed by atoms with Gasteiger partial charge in [-0.1, -0.05) is 11.6 Å². The van der Waals surface area contributed by atoms with Gasteiger partial charge in [-0.15, -0.1) is 0 Å². The molecule has 0 amide bonds. The number of rotatable bonds is 4. The summed E-state index contributed by atoms with van der Waals surface area (Å²) in [7, 11) is -4.87. The lowest BCUT2D eigenvalue weighted by Crippen LogP contribution is -2.29. The highest BCUT2D eigenvalue weighted by Gasteiger charge is 2.49. The van der Waals surface area contributed by atoms with Crippen molar-refractivity contribution in [3.05, 3.63) is 58.0 Å². The van der Waals surface area contributed by atoms with Gasteiger partial charge in [0.25, 0.3) is 5.56 Å². The predicted octanol–water partition coefficient (Wildman–Crippen LogP) is 3.59. The number of nitrogens with zero attached hydrogens (tertiary/aromatic N) is 1. The lowest BCUT2D eigenvalue weighted by atomic mass is 10.1. The number of hydrogen-bond donors (Lipinski definition) is 1. The Morgan fingerprint density at radius 2 is 1.76 bits per heavy atom. The number of phenolic OH excluding ortho intramolecular Hbond substituents is 1. The maximum Gasteiger partial charge on any atom is 0.534 e. The summed E-state index contributed by atoms with van der Waals surface area (Å²) in [6.07, 6.45) is 1.19. The van der Waals surface area contributed by atoms with Gasteiger partial charge in [0, 0.05) is 23.3 Å². The highest BCUT2D eigenvalue weighted by Crippen LogP contribution is 2.36. The topological polar surface area (TPSA) is 94.8 Å². The van der Waals surface area contributed by atoms with Gasteiger partial charge in [-0.05, 0) is 30.3 Å². The molecule has 0 fully saturated rings. The summed E-state index contributed by atoms with van der Waals surface area (Å²) in [6.45, 7) is 0. The minimum Gasteiger partial charge on any atom is -0.508 e. The minimum atomic E-state index is -6.06. The van der Waals surface area contributed by atoms with E-state index in [4.69, 9.17) is 16.3 Å². The molecule has 3 aromatic rings. The van der Waals surface area contributed by atoms with Crippen LogP contribution in [0.1, 0.15) is 0 Å². The fraction of sp³-hybridized carbons (Fsp3) is 0.118. The Hall–Kier alpha value is -2.92. The van der Waals surface area contributed by atoms with Gasteiger partial charge in [0.1, 0.15) is 11.5 Å². The molecule has 0 aliphatic rings. The molecule has 1 aromatic heterocycles. The second kappa shape index (κ2) is 7.16. The van der Waals surface area contributed by atoms with Gasteiger partial charge in [0.2, 0.25) is 0 Å². The number of fused-ring (bicyclic) bond motifs is 1. The summed E-state index contributed by atoms with van der Waals surface area (Å²) in [5, 5.41) is 8.73. The van der Waals surface area contributed by atoms with Gasteiger partial charge in [0.05, 0.1) is 17.5 Å². The van der Waals surface area contributed by atoms with Crippen molar-refractivity contribution in [2.45, 2.75) is 5.51 Å². The molecule has 0 aliphatic heterocycles. The standard InChI is InChI=1S/C17H11ClF3NO6S/c1-27-11-6-12-13(18)8-22(9-2-4-10(23)5-3-9)16(24)15(12)14(7-11)28-29(25,26)17(19,20)21/h2-8,23H,1H3. The van der Waals surface area contributed by atoms with Crippen molar-refractivity contribution in [3.8, 4) is 22.9 Å². The van der Waals surface area contributed by atoms with E-state index in [1.54, 1.807) is 0 Å². The molecule has 1 heterocycles. The maximum atomic E-state index is 13.0. The summed E-state index contributed by atoms with van der Waals surface area (Å²) in [5.74, 6) is -1.05. The van der Waals surface area contributed by atoms with E-state index in [-0.39, 0.29) is 27.6 Å². The third-order valence-corrected chi connectivity index (χ3v) is 5.12. The molecule has 7 nitrogen and oxygen atoms in total. The first-order valence-electron chi connectivity index (χ1n) is 7.67. The molecule has 0 radical (unpaired) electrons. The summed E-state index contributed by atoms with van der Waals surface area (Å²) in [5.41, 5.74) is -6.39. The van der Waals surface area contributed by atoms with Gasteiger partial charge in [-0.2, -0.15) is 21.6 Å². The molecule has 2 aromatic carbocycles. The second-order valence-corrected chi connectivity index (χ2v) is 7.64. The quantitative estimate of drug-likeness (QED) is 0.483. The Labute approximate surface area is 166 Å². The monoisotopic (exact) mass is 449 g/mol. The molecule has 154 valence electrons. The van der Waals surface area contributed by atoms with Crippen molar-refractivity contribution in [2.75, 3.05) is 7.11 Å². The van der Waals surface area contributed by atoms with Crippen molar-refractivity contribution < 1.29 is 35.6 Å². The number of aromatic nitrogens is 1. The summed E-state index contributed by atoms with van der Waals surface area (Å²) in [4.78, 5) is 13.0. The van der Waals surface area contributed by atoms with Gasteiger partial charge in [-0.3, -0.25) is 9.36 Å². The largest absolute Gasteiger partial charge is 0.534 e. The number of pyridine rings is 1. The highest BCUT2D eigenvalue weighted by atomic mass is 35.5. The zero-order valence-corrected chi connectivity index (χ0v) is 16.0. The van der Waals surface area contributed by atoms with E-state index >= 15 is 0 Å². The van der Waals surface area contributed by atoms with Crippen LogP contribution in [0.4, 0.5) is 13.2 Å². The van der Waals surface area contributed by atoms with Crippen molar-refractivity contribution >= 4 is 32.5 Å². The van der Waals surface area contributed by atoms with Crippen LogP contribution < -0.4 is 14.5 Å². The maximum absolute atomic E-state index is 13.0. The van der Waals surface area contributed by atoms with E-state index < -0.39 is 32.3 Å². The van der Waals surface area contributed by atoms with Gasteiger partial charge >= 0.3 is 15.6 Å². The SMILES string of the molecule is COc1cc(OS(=O)(=O)C(F)(F)F)c2c(=O)n(-c3ccc(O)cc3)cc(Cl)c2c1. The number of halogens is 4. The van der Waals surface area contributed by atoms with Crippen LogP contribution in [0.5, 0.6) is 17.2 Å². The van der Waals surface area contributed by atoms with Crippen molar-refractivity contribution in [3.63, 3.8) is 0 Å². The van der Waals surface area contributed by atoms with E-state index in [1.165, 1.54) is 43.6 Å². The summed E-state index contributed by atoms with van der Waals surface area (Å²) in [6, 6.07) is 7.36. The number of alkyl halides is 3. The first-order valence-corrected chi connectivity index (χ1v) is 9.46. The Balaban J connectivity index is 2.35. The fourth-order valence-corrected chi connectivity index (χ4v) is 3.22. The summed E-state index contributed by atoms with van der Waals surface area (Å²) < 4.78 is 71.5. The van der Waals surface area contributed by atoms with Crippen LogP contribution in [0.25, 0.3) is 16.5 Å². The molecule has 1 N–H and O–H groups in total. The van der Waals surface area contributed by atoms with Crippen LogP contribution in [0.2, 0.25) is 5.02 Å². The third-order valence-electron chi connectivity index (χ3n) is 3.85. The summed E-state index contributed by atoms with van der Waals surface area (Å²) >= 11 is 6.19. The molecule has 3 rings (SSSR count). The predicted molar refractivity (Wildman–Crippen MR) is 98.4 cm³/mol. The fourth-order valence-electron chi connectivity index (χ4n) is 2.52. The first kappa shape index (κ1) is 20.8. The lowest BCUT2D eigenvalue weighted by Gasteiger charge is -2.15. The molecular formula is C17H11ClF3NO6S. The normalized spacial score (nSPS) is 12.2. The van der Waals surface area contributed by atoms with Crippen LogP contribution in [0.15, 0.2) is 47.4 Å². The number of ether oxygens (including phenoxy) is 1. The first-order chi connectivity index (χ1) is 13.4. The molecule has 29 heavy (non-hydrogen) atoms. The van der Waals surface area contributed by atoms with Crippen LogP contribution in [0.3, 0.4) is 0 Å². The average Bonchev–Trinajstić information content (AvgIpc) is 2.63. The van der Waals surface area contributed by atoms with Crippen molar-refractivity contribution in [1.29, 1.82) is 0 Å². The minimum absolute atomic E-state index is 0.0709. The molecule has 0 unspecified atom stereocenters. The van der Waals surface area contributed by atoms with E-state index in [0.717, 1.165) is 10.6 Å². The molecular weight excluding hydrogens is 439 g/mol. The Bertz CT molecular complexity index is 1250. The lowest BCUT2D eigenvalue weighted by molar-refractivity contribution is -0.0499. The molecule has 12 heteroatoms. The number of methoxy groups -OCH3 is 1. The zero-order valence-electron chi connectivity index (χ0n) is 14.4. The molecule has 0 bridgehead atoms. The second-order valence-electron chi connectivity index (χ2n) is 5.70. The van der Waals surface area contributed by atoms with Gasteiger partial charge in [-0.25, -0.2) is 0 Å². The third kappa shape index (κ3) is 3.83. The number of benzene rings is 2. The van der Waals surface area contributed by atoms with Crippen LogP contribution in [-0.4, -0.2) is 30.7 Å². The Kier molecular flexibility index (Phi) is 5.13. The molecule has 0 atom stereocenters. The van der Waals surface area contributed by atoms with E-state index in [9.17, 15) is 31.5 Å². The van der Waals surface area contributed by atoms with E-state index in [2.05, 4.69) is 4.18 Å². The van der Waals surface area contributed by atoms with Gasteiger partial charge in [0.15, 0.2) is 5.75 Å². The molecule has 0 spiro atoms. The highest BCUT2D eigenvalue weighted by molar-refractivity contribution is 7.88. The Morgan fingerprint density at radius 1 is 1.14 bits per heavy atom. The number of phenols is 1. The van der Waals surface area contributed by atoms with Gasteiger partial charge < -0.3 is 14.0 Å². The molecule has 0 saturated heterocycles.